The number of rotatable bonds is 24. The van der Waals surface area contributed by atoms with Gasteiger partial charge >= 0.3 is 11.9 Å². The molecule has 0 atom stereocenters. The lowest BCUT2D eigenvalue weighted by molar-refractivity contribution is -0.146. The third-order valence-electron chi connectivity index (χ3n) is 3.32. The van der Waals surface area contributed by atoms with Gasteiger partial charge in [0.15, 0.2) is 0 Å². The van der Waals surface area contributed by atoms with Crippen LogP contribution in [0.4, 0.5) is 0 Å². The molecule has 0 aromatic rings. The molecule has 0 saturated heterocycles. The van der Waals surface area contributed by atoms with Crippen LogP contribution < -0.4 is 0 Å². The smallest absolute Gasteiger partial charge is 0.331 e. The molecule has 0 aliphatic heterocycles. The van der Waals surface area contributed by atoms with Crippen LogP contribution >= 0.6 is 0 Å². The topological polar surface area (TPSA) is 117 Å². The van der Waals surface area contributed by atoms with Gasteiger partial charge in [0.05, 0.1) is 93.0 Å². The summed E-state index contributed by atoms with van der Waals surface area (Å²) in [7, 11) is 1.31. The molecule has 0 spiro atoms. The maximum absolute atomic E-state index is 10.8. The van der Waals surface area contributed by atoms with Crippen LogP contribution in [0.2, 0.25) is 0 Å². The molecule has 0 aromatic heterocycles. The number of esters is 2. The molecule has 182 valence electrons. The average molecular weight is 452 g/mol. The van der Waals surface area contributed by atoms with Crippen LogP contribution in [0, 0.1) is 0 Å². The summed E-state index contributed by atoms with van der Waals surface area (Å²) in [6, 6.07) is 0. The van der Waals surface area contributed by atoms with Crippen LogP contribution in [-0.4, -0.2) is 118 Å². The van der Waals surface area contributed by atoms with Gasteiger partial charge < -0.3 is 42.6 Å². The lowest BCUT2D eigenvalue weighted by atomic mass is 10.6. The van der Waals surface area contributed by atoms with Crippen molar-refractivity contribution in [1.29, 1.82) is 0 Å². The number of ether oxygens (including phenoxy) is 9. The van der Waals surface area contributed by atoms with Gasteiger partial charge in [0.2, 0.25) is 0 Å². The average Bonchev–Trinajstić information content (AvgIpc) is 2.79. The summed E-state index contributed by atoms with van der Waals surface area (Å²) in [4.78, 5) is 21.6. The highest BCUT2D eigenvalue weighted by Crippen LogP contribution is 1.86. The number of methoxy groups -OCH3 is 1. The van der Waals surface area contributed by atoms with Gasteiger partial charge in [-0.05, 0) is 0 Å². The Kier molecular flexibility index (Phi) is 23.4. The Labute approximate surface area is 183 Å². The first-order chi connectivity index (χ1) is 15.2. The molecular formula is C20H36O11. The SMILES string of the molecule is C=CC(=O)OCCOCCOCCOCCOCCOCCOCCOCC(=O)OC. The van der Waals surface area contributed by atoms with E-state index in [4.69, 9.17) is 37.9 Å². The number of carbonyl (C=O) groups excluding carboxylic acids is 2. The Balaban J connectivity index is 3.06. The first-order valence-electron chi connectivity index (χ1n) is 10.1. The number of hydrogen-bond donors (Lipinski definition) is 0. The fourth-order valence-corrected chi connectivity index (χ4v) is 1.79. The Morgan fingerprint density at radius 3 is 1.23 bits per heavy atom. The molecule has 0 saturated carbocycles. The largest absolute Gasteiger partial charge is 0.467 e. The highest BCUT2D eigenvalue weighted by Gasteiger charge is 1.99. The lowest BCUT2D eigenvalue weighted by Gasteiger charge is -2.08. The maximum atomic E-state index is 10.8. The van der Waals surface area contributed by atoms with Crippen LogP contribution in [0.1, 0.15) is 0 Å². The summed E-state index contributed by atoms with van der Waals surface area (Å²) in [5.74, 6) is -0.873. The van der Waals surface area contributed by atoms with E-state index in [9.17, 15) is 9.59 Å². The van der Waals surface area contributed by atoms with Crippen molar-refractivity contribution in [3.05, 3.63) is 12.7 Å². The molecule has 0 heterocycles. The van der Waals surface area contributed by atoms with Crippen molar-refractivity contribution in [2.45, 2.75) is 0 Å². The molecule has 0 unspecified atom stereocenters. The minimum Gasteiger partial charge on any atom is -0.467 e. The molecule has 0 aliphatic rings. The molecule has 0 rings (SSSR count). The molecule has 0 radical (unpaired) electrons. The van der Waals surface area contributed by atoms with Crippen LogP contribution in [0.5, 0.6) is 0 Å². The first-order valence-corrected chi connectivity index (χ1v) is 10.1. The van der Waals surface area contributed by atoms with Crippen LogP contribution in [0.25, 0.3) is 0 Å². The van der Waals surface area contributed by atoms with Crippen LogP contribution in [-0.2, 0) is 52.2 Å². The van der Waals surface area contributed by atoms with Gasteiger partial charge in [0.1, 0.15) is 13.2 Å². The normalized spacial score (nSPS) is 10.7. The van der Waals surface area contributed by atoms with Gasteiger partial charge in [-0.15, -0.1) is 0 Å². The molecule has 11 nitrogen and oxygen atoms in total. The third kappa shape index (κ3) is 24.5. The highest BCUT2D eigenvalue weighted by atomic mass is 16.6. The second-order valence-electron chi connectivity index (χ2n) is 5.67. The first kappa shape index (κ1) is 29.4. The lowest BCUT2D eigenvalue weighted by Crippen LogP contribution is -2.16. The van der Waals surface area contributed by atoms with Crippen molar-refractivity contribution in [3.63, 3.8) is 0 Å². The van der Waals surface area contributed by atoms with Crippen LogP contribution in [0.15, 0.2) is 12.7 Å². The molecule has 0 aromatic carbocycles. The summed E-state index contributed by atoms with van der Waals surface area (Å²) in [5, 5.41) is 0. The van der Waals surface area contributed by atoms with E-state index in [2.05, 4.69) is 11.3 Å². The van der Waals surface area contributed by atoms with E-state index in [1.807, 2.05) is 0 Å². The Bertz CT molecular complexity index is 431. The van der Waals surface area contributed by atoms with Crippen molar-refractivity contribution in [2.24, 2.45) is 0 Å². The highest BCUT2D eigenvalue weighted by molar-refractivity contribution is 5.81. The second kappa shape index (κ2) is 24.7. The molecule has 31 heavy (non-hydrogen) atoms. The number of carbonyl (C=O) groups is 2. The zero-order valence-corrected chi connectivity index (χ0v) is 18.4. The van der Waals surface area contributed by atoms with Crippen molar-refractivity contribution in [2.75, 3.05) is 106 Å². The minimum atomic E-state index is -0.462. The standard InChI is InChI=1S/C20H36O11/c1-3-19(21)31-17-16-29-13-12-27-9-8-25-5-4-24-6-7-26-10-11-28-14-15-30-18-20(22)23-2/h3H,1,4-18H2,2H3. The maximum Gasteiger partial charge on any atom is 0.331 e. The molecule has 0 aliphatic carbocycles. The number of hydrogen-bond acceptors (Lipinski definition) is 11. The Hall–Kier alpha value is -1.60. The summed E-state index contributed by atoms with van der Waals surface area (Å²) in [6.45, 7) is 9.04. The summed E-state index contributed by atoms with van der Waals surface area (Å²) in [5.41, 5.74) is 0. The van der Waals surface area contributed by atoms with Gasteiger partial charge in [0.25, 0.3) is 0 Å². The molecular weight excluding hydrogens is 416 g/mol. The summed E-state index contributed by atoms with van der Waals surface area (Å²) in [6.07, 6.45) is 1.11. The van der Waals surface area contributed by atoms with E-state index < -0.39 is 11.9 Å². The van der Waals surface area contributed by atoms with Gasteiger partial charge in [-0.1, -0.05) is 6.58 Å². The minimum absolute atomic E-state index is 0.0720. The van der Waals surface area contributed by atoms with Gasteiger partial charge in [-0.2, -0.15) is 0 Å². The van der Waals surface area contributed by atoms with Crippen molar-refractivity contribution in [3.8, 4) is 0 Å². The second-order valence-corrected chi connectivity index (χ2v) is 5.67. The zero-order valence-electron chi connectivity index (χ0n) is 18.4. The fourth-order valence-electron chi connectivity index (χ4n) is 1.79. The van der Waals surface area contributed by atoms with Gasteiger partial charge in [-0.3, -0.25) is 0 Å². The predicted octanol–water partition coefficient (Wildman–Crippen LogP) is 0.00480. The van der Waals surface area contributed by atoms with E-state index in [0.717, 1.165) is 6.08 Å². The van der Waals surface area contributed by atoms with Crippen LogP contribution in [0.3, 0.4) is 0 Å². The monoisotopic (exact) mass is 452 g/mol. The third-order valence-corrected chi connectivity index (χ3v) is 3.32. The van der Waals surface area contributed by atoms with E-state index in [-0.39, 0.29) is 13.2 Å². The van der Waals surface area contributed by atoms with Crippen molar-refractivity contribution in [1.82, 2.24) is 0 Å². The summed E-state index contributed by atoms with van der Waals surface area (Å²) >= 11 is 0. The van der Waals surface area contributed by atoms with E-state index in [1.54, 1.807) is 0 Å². The molecule has 11 heteroatoms. The molecule has 0 fully saturated rings. The van der Waals surface area contributed by atoms with Gasteiger partial charge in [0, 0.05) is 6.08 Å². The molecule has 0 N–H and O–H groups in total. The van der Waals surface area contributed by atoms with E-state index >= 15 is 0 Å². The quantitative estimate of drug-likeness (QED) is 0.112. The molecule has 0 amide bonds. The Morgan fingerprint density at radius 1 is 0.581 bits per heavy atom. The zero-order chi connectivity index (χ0) is 22.8. The van der Waals surface area contributed by atoms with E-state index in [0.29, 0.717) is 85.9 Å². The van der Waals surface area contributed by atoms with Gasteiger partial charge in [-0.25, -0.2) is 9.59 Å². The summed E-state index contributed by atoms with van der Waals surface area (Å²) < 4.78 is 46.2. The van der Waals surface area contributed by atoms with Crippen molar-refractivity contribution >= 4 is 11.9 Å². The predicted molar refractivity (Wildman–Crippen MR) is 109 cm³/mol. The molecule has 0 bridgehead atoms. The Morgan fingerprint density at radius 2 is 0.903 bits per heavy atom. The fraction of sp³-hybridized carbons (Fsp3) is 0.800. The van der Waals surface area contributed by atoms with Crippen molar-refractivity contribution < 1.29 is 52.2 Å². The van der Waals surface area contributed by atoms with E-state index in [1.165, 1.54) is 7.11 Å².